The molecule has 1 heterocycles. The van der Waals surface area contributed by atoms with Crippen LogP contribution < -0.4 is 5.32 Å². The van der Waals surface area contributed by atoms with E-state index in [9.17, 15) is 34.6 Å². The Bertz CT molecular complexity index is 1020. The Morgan fingerprint density at radius 2 is 1.70 bits per heavy atom. The van der Waals surface area contributed by atoms with E-state index in [0.717, 1.165) is 12.1 Å². The average Bonchev–Trinajstić information content (AvgIpc) is 2.86. The molecule has 1 aliphatic heterocycles. The molecule has 3 rings (SSSR count). The Morgan fingerprint density at radius 3 is 2.37 bits per heavy atom. The van der Waals surface area contributed by atoms with Crippen LogP contribution in [0.15, 0.2) is 42.5 Å². The number of fused-ring (bicyclic) bond motifs is 1. The molecule has 0 saturated carbocycles. The molecular formula is C16H10N4O7. The molecule has 0 fully saturated rings. The van der Waals surface area contributed by atoms with Gasteiger partial charge in [-0.1, -0.05) is 12.1 Å². The van der Waals surface area contributed by atoms with Crippen molar-refractivity contribution in [1.29, 1.82) is 0 Å². The van der Waals surface area contributed by atoms with Gasteiger partial charge < -0.3 is 5.32 Å². The minimum absolute atomic E-state index is 0.108. The number of nitrogens with zero attached hydrogens (tertiary/aromatic N) is 3. The van der Waals surface area contributed by atoms with Crippen LogP contribution in [0.1, 0.15) is 20.7 Å². The SMILES string of the molecule is O=C(CN1C(=O)c2cccc([N+](=O)[O-])c2C1=O)Nc1cccc([N+](=O)[O-])c1. The lowest BCUT2D eigenvalue weighted by Crippen LogP contribution is -2.37. The number of imide groups is 1. The largest absolute Gasteiger partial charge is 0.324 e. The molecule has 2 aromatic carbocycles. The zero-order valence-electron chi connectivity index (χ0n) is 13.4. The summed E-state index contributed by atoms with van der Waals surface area (Å²) in [6.45, 7) is -0.688. The van der Waals surface area contributed by atoms with Crippen molar-refractivity contribution < 1.29 is 24.2 Å². The lowest BCUT2D eigenvalue weighted by atomic mass is 10.1. The standard InChI is InChI=1S/C16H10N4O7/c21-13(17-9-3-1-4-10(7-9)19(24)25)8-18-15(22)11-5-2-6-12(20(26)27)14(11)16(18)23/h1-7H,8H2,(H,17,21). The topological polar surface area (TPSA) is 153 Å². The molecule has 2 aromatic rings. The second-order valence-electron chi connectivity index (χ2n) is 5.51. The monoisotopic (exact) mass is 370 g/mol. The van der Waals surface area contributed by atoms with E-state index in [4.69, 9.17) is 0 Å². The summed E-state index contributed by atoms with van der Waals surface area (Å²) >= 11 is 0. The Morgan fingerprint density at radius 1 is 1.00 bits per heavy atom. The minimum atomic E-state index is -0.948. The van der Waals surface area contributed by atoms with E-state index in [1.807, 2.05) is 0 Å². The summed E-state index contributed by atoms with van der Waals surface area (Å²) in [5.41, 5.74) is -1.18. The molecule has 0 unspecified atom stereocenters. The maximum atomic E-state index is 12.4. The Labute approximate surface area is 150 Å². The van der Waals surface area contributed by atoms with E-state index >= 15 is 0 Å². The number of nitrogens with one attached hydrogen (secondary N) is 1. The van der Waals surface area contributed by atoms with E-state index in [0.29, 0.717) is 4.90 Å². The second kappa shape index (κ2) is 6.63. The molecule has 11 nitrogen and oxygen atoms in total. The third-order valence-corrected chi connectivity index (χ3v) is 3.82. The smallest absolute Gasteiger partial charge is 0.282 e. The minimum Gasteiger partial charge on any atom is -0.324 e. The maximum Gasteiger partial charge on any atom is 0.282 e. The average molecular weight is 370 g/mol. The number of hydrogen-bond donors (Lipinski definition) is 1. The quantitative estimate of drug-likeness (QED) is 0.478. The van der Waals surface area contributed by atoms with Crippen molar-refractivity contribution in [1.82, 2.24) is 4.90 Å². The van der Waals surface area contributed by atoms with Crippen molar-refractivity contribution in [3.8, 4) is 0 Å². The molecular weight excluding hydrogens is 360 g/mol. The number of carbonyl (C=O) groups is 3. The van der Waals surface area contributed by atoms with Gasteiger partial charge in [0, 0.05) is 23.9 Å². The van der Waals surface area contributed by atoms with Crippen molar-refractivity contribution >= 4 is 34.8 Å². The fourth-order valence-corrected chi connectivity index (χ4v) is 2.65. The molecule has 0 saturated heterocycles. The number of nitro benzene ring substituents is 2. The van der Waals surface area contributed by atoms with Crippen LogP contribution >= 0.6 is 0 Å². The van der Waals surface area contributed by atoms with Gasteiger partial charge in [-0.2, -0.15) is 0 Å². The van der Waals surface area contributed by atoms with Gasteiger partial charge in [-0.15, -0.1) is 0 Å². The van der Waals surface area contributed by atoms with Crippen LogP contribution in [0.3, 0.4) is 0 Å². The predicted molar refractivity (Wildman–Crippen MR) is 90.2 cm³/mol. The molecule has 0 atom stereocenters. The molecule has 11 heteroatoms. The first kappa shape index (κ1) is 17.7. The van der Waals surface area contributed by atoms with E-state index in [-0.39, 0.29) is 22.5 Å². The van der Waals surface area contributed by atoms with Crippen LogP contribution in [0.25, 0.3) is 0 Å². The van der Waals surface area contributed by atoms with Crippen LogP contribution in [-0.4, -0.2) is 39.0 Å². The Hall–Kier alpha value is -4.15. The lowest BCUT2D eigenvalue weighted by Gasteiger charge is -2.13. The van der Waals surface area contributed by atoms with Gasteiger partial charge in [0.05, 0.1) is 15.4 Å². The summed E-state index contributed by atoms with van der Waals surface area (Å²) in [7, 11) is 0. The molecule has 1 aliphatic rings. The second-order valence-corrected chi connectivity index (χ2v) is 5.51. The summed E-state index contributed by atoms with van der Waals surface area (Å²) in [6, 6.07) is 8.74. The van der Waals surface area contributed by atoms with Gasteiger partial charge in [0.2, 0.25) is 5.91 Å². The first-order valence-electron chi connectivity index (χ1n) is 7.47. The van der Waals surface area contributed by atoms with Crippen molar-refractivity contribution in [2.75, 3.05) is 11.9 Å². The highest BCUT2D eigenvalue weighted by Crippen LogP contribution is 2.30. The molecule has 1 N–H and O–H groups in total. The van der Waals surface area contributed by atoms with Crippen LogP contribution in [0.4, 0.5) is 17.1 Å². The van der Waals surface area contributed by atoms with Crippen molar-refractivity contribution in [3.63, 3.8) is 0 Å². The zero-order valence-corrected chi connectivity index (χ0v) is 13.4. The number of rotatable bonds is 5. The zero-order chi connectivity index (χ0) is 19.7. The highest BCUT2D eigenvalue weighted by molar-refractivity contribution is 6.24. The number of anilines is 1. The summed E-state index contributed by atoms with van der Waals surface area (Å²) in [4.78, 5) is 57.9. The molecule has 0 aromatic heterocycles. The highest BCUT2D eigenvalue weighted by Gasteiger charge is 2.41. The Balaban J connectivity index is 1.79. The summed E-state index contributed by atoms with van der Waals surface area (Å²) in [6.07, 6.45) is 0. The number of hydrogen-bond acceptors (Lipinski definition) is 7. The van der Waals surface area contributed by atoms with Gasteiger partial charge in [0.1, 0.15) is 12.1 Å². The van der Waals surface area contributed by atoms with Crippen molar-refractivity contribution in [3.05, 3.63) is 73.8 Å². The number of amides is 3. The first-order valence-corrected chi connectivity index (χ1v) is 7.47. The third-order valence-electron chi connectivity index (χ3n) is 3.82. The van der Waals surface area contributed by atoms with Crippen LogP contribution in [0.5, 0.6) is 0 Å². The molecule has 27 heavy (non-hydrogen) atoms. The van der Waals surface area contributed by atoms with E-state index in [1.165, 1.54) is 30.3 Å². The fraction of sp³-hybridized carbons (Fsp3) is 0.0625. The van der Waals surface area contributed by atoms with Gasteiger partial charge in [-0.3, -0.25) is 39.5 Å². The maximum absolute atomic E-state index is 12.4. The van der Waals surface area contributed by atoms with Gasteiger partial charge in [-0.05, 0) is 12.1 Å². The van der Waals surface area contributed by atoms with Crippen molar-refractivity contribution in [2.45, 2.75) is 0 Å². The summed E-state index contributed by atoms with van der Waals surface area (Å²) in [5, 5.41) is 24.2. The molecule has 3 amide bonds. The van der Waals surface area contributed by atoms with Gasteiger partial charge in [-0.25, -0.2) is 0 Å². The number of nitro groups is 2. The number of carbonyl (C=O) groups excluding carboxylic acids is 3. The van der Waals surface area contributed by atoms with E-state index in [1.54, 1.807) is 0 Å². The van der Waals surface area contributed by atoms with E-state index < -0.39 is 39.8 Å². The van der Waals surface area contributed by atoms with Crippen molar-refractivity contribution in [2.24, 2.45) is 0 Å². The number of benzene rings is 2. The molecule has 0 radical (unpaired) electrons. The van der Waals surface area contributed by atoms with Gasteiger partial charge in [0.25, 0.3) is 23.2 Å². The normalized spacial score (nSPS) is 12.7. The first-order chi connectivity index (χ1) is 12.8. The van der Waals surface area contributed by atoms with Gasteiger partial charge >= 0.3 is 0 Å². The molecule has 136 valence electrons. The Kier molecular flexibility index (Phi) is 4.34. The number of non-ortho nitro benzene ring substituents is 1. The lowest BCUT2D eigenvalue weighted by molar-refractivity contribution is -0.385. The van der Waals surface area contributed by atoms with Gasteiger partial charge in [0.15, 0.2) is 0 Å². The summed E-state index contributed by atoms with van der Waals surface area (Å²) < 4.78 is 0. The summed E-state index contributed by atoms with van der Waals surface area (Å²) in [5.74, 6) is -2.56. The predicted octanol–water partition coefficient (Wildman–Crippen LogP) is 1.74. The molecule has 0 aliphatic carbocycles. The van der Waals surface area contributed by atoms with Crippen LogP contribution in [0, 0.1) is 20.2 Å². The third kappa shape index (κ3) is 3.20. The molecule has 0 spiro atoms. The molecule has 0 bridgehead atoms. The van der Waals surface area contributed by atoms with E-state index in [2.05, 4.69) is 5.32 Å². The van der Waals surface area contributed by atoms with Crippen LogP contribution in [0.2, 0.25) is 0 Å². The highest BCUT2D eigenvalue weighted by atomic mass is 16.6. The van der Waals surface area contributed by atoms with Crippen LogP contribution in [-0.2, 0) is 4.79 Å². The fourth-order valence-electron chi connectivity index (χ4n) is 2.65.